The fraction of sp³-hybridized carbons (Fsp3) is 0.692. The Hall–Kier alpha value is -2.36. The molecular weight excluding hydrogens is 450 g/mol. The Morgan fingerprint density at radius 1 is 1.06 bits per heavy atom. The molecule has 2 atom stereocenters. The Bertz CT molecular complexity index is 816. The Balaban J connectivity index is 2.04. The number of aliphatic hydroxyl groups is 1. The van der Waals surface area contributed by atoms with Gasteiger partial charge in [-0.05, 0) is 65.7 Å². The van der Waals surface area contributed by atoms with Gasteiger partial charge in [0.2, 0.25) is 0 Å². The third kappa shape index (κ3) is 10.4. The number of rotatable bonds is 9. The number of β-amino-alcohol motifs (C(OH)–C–C–N with tert-alkyl or cyclic N) is 1. The van der Waals surface area contributed by atoms with Crippen LogP contribution in [0.5, 0.6) is 0 Å². The number of nitrogens with zero attached hydrogens (tertiary/aromatic N) is 2. The number of aliphatic hydroxyl groups excluding tert-OH is 1. The van der Waals surface area contributed by atoms with E-state index in [9.17, 15) is 14.7 Å². The summed E-state index contributed by atoms with van der Waals surface area (Å²) >= 11 is 0. The lowest BCUT2D eigenvalue weighted by Gasteiger charge is -2.40. The first kappa shape index (κ1) is 28.9. The lowest BCUT2D eigenvalue weighted by molar-refractivity contribution is -0.157. The Morgan fingerprint density at radius 2 is 1.69 bits per heavy atom. The van der Waals surface area contributed by atoms with Crippen LogP contribution in [0.1, 0.15) is 53.5 Å². The van der Waals surface area contributed by atoms with E-state index in [0.29, 0.717) is 19.7 Å². The normalized spacial score (nSPS) is 18.2. The molecule has 35 heavy (non-hydrogen) atoms. The van der Waals surface area contributed by atoms with Crippen LogP contribution in [0.2, 0.25) is 0 Å². The zero-order chi connectivity index (χ0) is 26.2. The summed E-state index contributed by atoms with van der Waals surface area (Å²) < 4.78 is 16.0. The van der Waals surface area contributed by atoms with E-state index in [2.05, 4.69) is 10.2 Å². The van der Waals surface area contributed by atoms with Gasteiger partial charge in [-0.3, -0.25) is 4.90 Å². The maximum Gasteiger partial charge on any atom is 0.408 e. The zero-order valence-corrected chi connectivity index (χ0v) is 22.3. The molecule has 1 aliphatic heterocycles. The van der Waals surface area contributed by atoms with Gasteiger partial charge in [-0.25, -0.2) is 9.59 Å². The predicted octanol–water partition coefficient (Wildman–Crippen LogP) is 2.94. The van der Waals surface area contributed by atoms with Gasteiger partial charge in [0.15, 0.2) is 0 Å². The van der Waals surface area contributed by atoms with Crippen LogP contribution in [0.4, 0.5) is 10.5 Å². The van der Waals surface area contributed by atoms with Crippen LogP contribution in [-0.2, 0) is 25.4 Å². The highest BCUT2D eigenvalue weighted by Crippen LogP contribution is 2.22. The number of piperazine rings is 1. The van der Waals surface area contributed by atoms with Gasteiger partial charge in [-0.2, -0.15) is 0 Å². The minimum atomic E-state index is -0.892. The molecule has 1 aromatic rings. The number of amides is 1. The number of benzene rings is 1. The van der Waals surface area contributed by atoms with Crippen LogP contribution >= 0.6 is 0 Å². The lowest BCUT2D eigenvalue weighted by Crippen LogP contribution is -2.53. The number of hydrogen-bond acceptors (Lipinski definition) is 8. The number of carbonyl (C=O) groups excluding carboxylic acids is 2. The van der Waals surface area contributed by atoms with Crippen molar-refractivity contribution in [2.45, 2.75) is 77.9 Å². The molecule has 0 saturated carbocycles. The van der Waals surface area contributed by atoms with Crippen molar-refractivity contribution in [3.63, 3.8) is 0 Å². The van der Waals surface area contributed by atoms with Gasteiger partial charge >= 0.3 is 12.1 Å². The molecule has 1 aliphatic rings. The lowest BCUT2D eigenvalue weighted by atomic mass is 10.0. The summed E-state index contributed by atoms with van der Waals surface area (Å²) in [7, 11) is 1.69. The largest absolute Gasteiger partial charge is 0.458 e. The van der Waals surface area contributed by atoms with Gasteiger partial charge in [0.1, 0.15) is 23.5 Å². The van der Waals surface area contributed by atoms with Crippen molar-refractivity contribution in [1.29, 1.82) is 0 Å². The quantitative estimate of drug-likeness (QED) is 0.400. The van der Waals surface area contributed by atoms with Crippen LogP contribution in [0.25, 0.3) is 0 Å². The maximum absolute atomic E-state index is 12.8. The molecule has 1 amide bonds. The third-order valence-electron chi connectivity index (χ3n) is 5.35. The van der Waals surface area contributed by atoms with Crippen molar-refractivity contribution in [2.24, 2.45) is 0 Å². The van der Waals surface area contributed by atoms with Crippen molar-refractivity contribution in [2.75, 3.05) is 44.8 Å². The molecule has 9 nitrogen and oxygen atoms in total. The van der Waals surface area contributed by atoms with E-state index in [1.807, 2.05) is 29.2 Å². The van der Waals surface area contributed by atoms with E-state index >= 15 is 0 Å². The average molecular weight is 494 g/mol. The number of methoxy groups -OCH3 is 1. The number of ether oxygens (including phenoxy) is 3. The second-order valence-corrected chi connectivity index (χ2v) is 10.9. The Morgan fingerprint density at radius 3 is 2.23 bits per heavy atom. The van der Waals surface area contributed by atoms with E-state index < -0.39 is 35.5 Å². The van der Waals surface area contributed by atoms with Crippen LogP contribution < -0.4 is 10.2 Å². The summed E-state index contributed by atoms with van der Waals surface area (Å²) in [5.41, 5.74) is 0.398. The first-order valence-corrected chi connectivity index (χ1v) is 12.2. The summed E-state index contributed by atoms with van der Waals surface area (Å²) in [6.07, 6.45) is -0.0739. The highest BCUT2D eigenvalue weighted by atomic mass is 16.6. The molecule has 0 aliphatic carbocycles. The van der Waals surface area contributed by atoms with Crippen LogP contribution in [0, 0.1) is 0 Å². The van der Waals surface area contributed by atoms with Crippen molar-refractivity contribution in [1.82, 2.24) is 10.2 Å². The number of hydrogen-bond donors (Lipinski definition) is 2. The van der Waals surface area contributed by atoms with Gasteiger partial charge < -0.3 is 29.5 Å². The van der Waals surface area contributed by atoms with Crippen molar-refractivity contribution in [3.8, 4) is 0 Å². The number of alkyl carbamates (subject to hydrolysis) is 1. The first-order valence-electron chi connectivity index (χ1n) is 12.2. The fourth-order valence-corrected chi connectivity index (χ4v) is 3.83. The zero-order valence-electron chi connectivity index (χ0n) is 22.3. The molecule has 2 unspecified atom stereocenters. The minimum Gasteiger partial charge on any atom is -0.458 e. The molecule has 198 valence electrons. The van der Waals surface area contributed by atoms with E-state index in [1.165, 1.54) is 0 Å². The van der Waals surface area contributed by atoms with Gasteiger partial charge in [0.25, 0.3) is 0 Å². The molecule has 2 rings (SSSR count). The van der Waals surface area contributed by atoms with Gasteiger partial charge in [0.05, 0.1) is 0 Å². The molecule has 1 aromatic carbocycles. The molecule has 0 radical (unpaired) electrons. The molecule has 0 bridgehead atoms. The topological polar surface area (TPSA) is 101 Å². The van der Waals surface area contributed by atoms with Crippen molar-refractivity contribution in [3.05, 3.63) is 29.8 Å². The van der Waals surface area contributed by atoms with E-state index in [4.69, 9.17) is 14.2 Å². The van der Waals surface area contributed by atoms with E-state index in [0.717, 1.165) is 30.8 Å². The predicted molar refractivity (Wildman–Crippen MR) is 135 cm³/mol. The second-order valence-electron chi connectivity index (χ2n) is 10.9. The molecule has 1 heterocycles. The summed E-state index contributed by atoms with van der Waals surface area (Å²) in [4.78, 5) is 29.4. The molecule has 1 saturated heterocycles. The molecule has 9 heteroatoms. The Kier molecular flexibility index (Phi) is 10.4. The standard InChI is InChI=1S/C26H43N3O6/c1-25(2,3)34-23(31)21(27-24(32)35-26(4,5)6)17-19-9-11-20(12-10-19)29-15-14-28(18-22(29)30)13-8-16-33-7/h9-12,21-22,30H,8,13-18H2,1-7H3,(H,27,32). The fourth-order valence-electron chi connectivity index (χ4n) is 3.83. The summed E-state index contributed by atoms with van der Waals surface area (Å²) in [6, 6.07) is 6.77. The number of anilines is 1. The van der Waals surface area contributed by atoms with E-state index in [1.54, 1.807) is 48.7 Å². The second kappa shape index (κ2) is 12.6. The monoisotopic (exact) mass is 493 g/mol. The van der Waals surface area contributed by atoms with Crippen LogP contribution in [0.3, 0.4) is 0 Å². The van der Waals surface area contributed by atoms with Gasteiger partial charge in [0, 0.05) is 52.0 Å². The number of carbonyl (C=O) groups is 2. The number of esters is 1. The minimum absolute atomic E-state index is 0.254. The van der Waals surface area contributed by atoms with Crippen molar-refractivity contribution < 1.29 is 28.9 Å². The molecular formula is C26H43N3O6. The molecule has 0 spiro atoms. The SMILES string of the molecule is COCCCN1CCN(c2ccc(CC(NC(=O)OC(C)(C)C)C(=O)OC(C)(C)C)cc2)C(O)C1. The summed E-state index contributed by atoms with van der Waals surface area (Å²) in [5, 5.41) is 13.3. The average Bonchev–Trinajstić information content (AvgIpc) is 2.72. The number of nitrogens with one attached hydrogen (secondary N) is 1. The van der Waals surface area contributed by atoms with Crippen LogP contribution in [-0.4, -0.2) is 85.4 Å². The maximum atomic E-state index is 12.8. The first-order chi connectivity index (χ1) is 16.3. The molecule has 2 N–H and O–H groups in total. The molecule has 1 fully saturated rings. The highest BCUT2D eigenvalue weighted by molar-refractivity contribution is 5.82. The summed E-state index contributed by atoms with van der Waals surface area (Å²) in [6.45, 7) is 14.4. The highest BCUT2D eigenvalue weighted by Gasteiger charge is 2.29. The van der Waals surface area contributed by atoms with Gasteiger partial charge in [-0.15, -0.1) is 0 Å². The Labute approximate surface area is 209 Å². The molecule has 0 aromatic heterocycles. The summed E-state index contributed by atoms with van der Waals surface area (Å²) in [5.74, 6) is -0.521. The van der Waals surface area contributed by atoms with E-state index in [-0.39, 0.29) is 6.42 Å². The third-order valence-corrected chi connectivity index (χ3v) is 5.35. The smallest absolute Gasteiger partial charge is 0.408 e. The van der Waals surface area contributed by atoms with Gasteiger partial charge in [-0.1, -0.05) is 12.1 Å². The van der Waals surface area contributed by atoms with Crippen molar-refractivity contribution >= 4 is 17.7 Å². The van der Waals surface area contributed by atoms with Crippen LogP contribution in [0.15, 0.2) is 24.3 Å².